The average Bonchev–Trinajstić information content (AvgIpc) is 3.51. The van der Waals surface area contributed by atoms with E-state index in [1.165, 1.54) is 5.01 Å². The normalized spacial score (nSPS) is 16.7. The second kappa shape index (κ2) is 9.34. The molecule has 0 saturated carbocycles. The van der Waals surface area contributed by atoms with Crippen LogP contribution in [0.1, 0.15) is 28.4 Å². The minimum absolute atomic E-state index is 0.205. The van der Waals surface area contributed by atoms with Gasteiger partial charge in [-0.05, 0) is 72.7 Å². The maximum Gasteiger partial charge on any atom is 0.280 e. The third kappa shape index (κ3) is 4.47. The summed E-state index contributed by atoms with van der Waals surface area (Å²) >= 11 is 0. The predicted octanol–water partition coefficient (Wildman–Crippen LogP) is 3.92. The Labute approximate surface area is 212 Å². The smallest absolute Gasteiger partial charge is 0.280 e. The molecule has 3 aliphatic heterocycles. The maximum absolute atomic E-state index is 13.2. The van der Waals surface area contributed by atoms with Crippen LogP contribution in [0.2, 0.25) is 0 Å². The number of ether oxygens (including phenoxy) is 4. The van der Waals surface area contributed by atoms with Gasteiger partial charge in [-0.1, -0.05) is 12.1 Å². The van der Waals surface area contributed by atoms with Crippen molar-refractivity contribution in [1.82, 2.24) is 5.32 Å². The highest BCUT2D eigenvalue weighted by molar-refractivity contribution is 6.32. The molecule has 9 heteroatoms. The number of nitrogens with one attached hydrogen (secondary N) is 1. The molecule has 0 unspecified atom stereocenters. The first-order chi connectivity index (χ1) is 18.0. The van der Waals surface area contributed by atoms with Crippen LogP contribution in [0.4, 0.5) is 5.69 Å². The van der Waals surface area contributed by atoms with Crippen LogP contribution in [-0.2, 0) is 11.3 Å². The lowest BCUT2D eigenvalue weighted by molar-refractivity contribution is -0.114. The van der Waals surface area contributed by atoms with Gasteiger partial charge in [-0.2, -0.15) is 10.1 Å². The molecule has 3 aromatic rings. The standard InChI is InChI=1S/C28H23N3O6/c1-17-22(12-18-2-8-23-25(13-18)35-11-10-34-23)28(33)31(30-17)21-6-4-20(5-7-21)27(32)29-15-19-3-9-24-26(14-19)37-16-36-24/h2-9,12-14H,10-11,15-16H2,1H3,(H,29,32)/b22-12-. The van der Waals surface area contributed by atoms with Gasteiger partial charge in [0.15, 0.2) is 23.0 Å². The van der Waals surface area contributed by atoms with Gasteiger partial charge in [0.25, 0.3) is 11.8 Å². The van der Waals surface area contributed by atoms with Crippen molar-refractivity contribution in [2.75, 3.05) is 25.0 Å². The Morgan fingerprint density at radius 2 is 1.62 bits per heavy atom. The Morgan fingerprint density at radius 1 is 0.919 bits per heavy atom. The number of hydrogen-bond acceptors (Lipinski definition) is 7. The summed E-state index contributed by atoms with van der Waals surface area (Å²) in [5.41, 5.74) is 3.86. The first-order valence-electron chi connectivity index (χ1n) is 11.8. The summed E-state index contributed by atoms with van der Waals surface area (Å²) in [6.07, 6.45) is 1.79. The SMILES string of the molecule is CC1=NN(c2ccc(C(=O)NCc3ccc4c(c3)OCO4)cc2)C(=O)/C1=C\c1ccc2c(c1)OCCO2. The number of carbonyl (C=O) groups is 2. The van der Waals surface area contributed by atoms with E-state index in [4.69, 9.17) is 18.9 Å². The molecule has 0 bridgehead atoms. The lowest BCUT2D eigenvalue weighted by Gasteiger charge is -2.18. The van der Waals surface area contributed by atoms with Gasteiger partial charge in [0.05, 0.1) is 17.0 Å². The van der Waals surface area contributed by atoms with Gasteiger partial charge in [-0.15, -0.1) is 0 Å². The summed E-state index contributed by atoms with van der Waals surface area (Å²) in [6, 6.07) is 17.9. The minimum Gasteiger partial charge on any atom is -0.486 e. The number of hydrogen-bond donors (Lipinski definition) is 1. The molecule has 0 saturated heterocycles. The average molecular weight is 498 g/mol. The first kappa shape index (κ1) is 22.7. The molecule has 0 radical (unpaired) electrons. The molecule has 37 heavy (non-hydrogen) atoms. The fourth-order valence-corrected chi connectivity index (χ4v) is 4.27. The van der Waals surface area contributed by atoms with E-state index in [-0.39, 0.29) is 18.6 Å². The van der Waals surface area contributed by atoms with Crippen molar-refractivity contribution in [3.8, 4) is 23.0 Å². The van der Waals surface area contributed by atoms with Crippen molar-refractivity contribution in [2.45, 2.75) is 13.5 Å². The van der Waals surface area contributed by atoms with Gasteiger partial charge in [0, 0.05) is 12.1 Å². The fraction of sp³-hybridized carbons (Fsp3) is 0.179. The van der Waals surface area contributed by atoms with E-state index < -0.39 is 0 Å². The monoisotopic (exact) mass is 497 g/mol. The van der Waals surface area contributed by atoms with Gasteiger partial charge in [-0.25, -0.2) is 0 Å². The van der Waals surface area contributed by atoms with Gasteiger partial charge >= 0.3 is 0 Å². The van der Waals surface area contributed by atoms with Crippen LogP contribution in [0.5, 0.6) is 23.0 Å². The molecule has 0 spiro atoms. The molecular weight excluding hydrogens is 474 g/mol. The van der Waals surface area contributed by atoms with Crippen molar-refractivity contribution in [3.63, 3.8) is 0 Å². The van der Waals surface area contributed by atoms with E-state index in [1.54, 1.807) is 37.3 Å². The van der Waals surface area contributed by atoms with Crippen LogP contribution >= 0.6 is 0 Å². The highest BCUT2D eigenvalue weighted by atomic mass is 16.7. The largest absolute Gasteiger partial charge is 0.486 e. The molecule has 0 aromatic heterocycles. The highest BCUT2D eigenvalue weighted by Crippen LogP contribution is 2.33. The lowest BCUT2D eigenvalue weighted by Crippen LogP contribution is -2.23. The van der Waals surface area contributed by atoms with E-state index >= 15 is 0 Å². The molecular formula is C28H23N3O6. The van der Waals surface area contributed by atoms with Gasteiger partial charge in [0.2, 0.25) is 6.79 Å². The molecule has 0 atom stereocenters. The van der Waals surface area contributed by atoms with E-state index in [2.05, 4.69) is 10.4 Å². The van der Waals surface area contributed by atoms with Gasteiger partial charge in [-0.3, -0.25) is 9.59 Å². The zero-order chi connectivity index (χ0) is 25.4. The minimum atomic E-state index is -0.243. The number of anilines is 1. The molecule has 3 aliphatic rings. The van der Waals surface area contributed by atoms with Crippen LogP contribution in [0.15, 0.2) is 71.3 Å². The number of benzene rings is 3. The molecule has 0 fully saturated rings. The van der Waals surface area contributed by atoms with Crippen molar-refractivity contribution in [1.29, 1.82) is 0 Å². The van der Waals surface area contributed by atoms with Crippen LogP contribution in [0, 0.1) is 0 Å². The predicted molar refractivity (Wildman–Crippen MR) is 136 cm³/mol. The number of amides is 2. The zero-order valence-electron chi connectivity index (χ0n) is 20.0. The van der Waals surface area contributed by atoms with E-state index in [0.29, 0.717) is 65.3 Å². The zero-order valence-corrected chi connectivity index (χ0v) is 20.0. The third-order valence-electron chi connectivity index (χ3n) is 6.20. The Balaban J connectivity index is 1.12. The highest BCUT2D eigenvalue weighted by Gasteiger charge is 2.29. The molecule has 0 aliphatic carbocycles. The van der Waals surface area contributed by atoms with Crippen LogP contribution in [0.3, 0.4) is 0 Å². The maximum atomic E-state index is 13.2. The molecule has 1 N–H and O–H groups in total. The van der Waals surface area contributed by atoms with E-state index in [0.717, 1.165) is 11.1 Å². The third-order valence-corrected chi connectivity index (χ3v) is 6.20. The van der Waals surface area contributed by atoms with Crippen molar-refractivity contribution >= 4 is 29.3 Å². The summed E-state index contributed by atoms with van der Waals surface area (Å²) in [5, 5.41) is 8.67. The van der Waals surface area contributed by atoms with Gasteiger partial charge < -0.3 is 24.3 Å². The van der Waals surface area contributed by atoms with E-state index in [9.17, 15) is 9.59 Å². The summed E-state index contributed by atoms with van der Waals surface area (Å²) in [4.78, 5) is 25.8. The Bertz CT molecular complexity index is 1460. The summed E-state index contributed by atoms with van der Waals surface area (Å²) in [6.45, 7) is 3.36. The summed E-state index contributed by atoms with van der Waals surface area (Å²) in [7, 11) is 0. The van der Waals surface area contributed by atoms with Crippen molar-refractivity contribution < 1.29 is 28.5 Å². The number of carbonyl (C=O) groups excluding carboxylic acids is 2. The topological polar surface area (TPSA) is 98.7 Å². The van der Waals surface area contributed by atoms with Crippen molar-refractivity contribution in [2.24, 2.45) is 5.10 Å². The van der Waals surface area contributed by atoms with E-state index in [1.807, 2.05) is 36.4 Å². The number of hydrazone groups is 1. The number of fused-ring (bicyclic) bond motifs is 2. The first-order valence-corrected chi connectivity index (χ1v) is 11.8. The number of rotatable bonds is 5. The summed E-state index contributed by atoms with van der Waals surface area (Å²) < 4.78 is 21.9. The Hall–Kier alpha value is -4.79. The van der Waals surface area contributed by atoms with Crippen LogP contribution in [-0.4, -0.2) is 37.5 Å². The summed E-state index contributed by atoms with van der Waals surface area (Å²) in [5.74, 6) is 2.25. The molecule has 186 valence electrons. The van der Waals surface area contributed by atoms with Crippen molar-refractivity contribution in [3.05, 3.63) is 82.9 Å². The van der Waals surface area contributed by atoms with Crippen LogP contribution < -0.4 is 29.3 Å². The lowest BCUT2D eigenvalue weighted by atomic mass is 10.1. The molecule has 9 nitrogen and oxygen atoms in total. The molecule has 6 rings (SSSR count). The molecule has 3 heterocycles. The second-order valence-corrected chi connectivity index (χ2v) is 8.68. The fourth-order valence-electron chi connectivity index (χ4n) is 4.27. The Kier molecular flexibility index (Phi) is 5.72. The molecule has 2 amide bonds. The van der Waals surface area contributed by atoms with Gasteiger partial charge in [0.1, 0.15) is 13.2 Å². The quantitative estimate of drug-likeness (QED) is 0.537. The molecule has 3 aromatic carbocycles. The second-order valence-electron chi connectivity index (χ2n) is 8.68. The number of nitrogens with zero attached hydrogens (tertiary/aromatic N) is 2. The van der Waals surface area contributed by atoms with Crippen LogP contribution in [0.25, 0.3) is 6.08 Å². The Morgan fingerprint density at radius 3 is 2.46 bits per heavy atom.